The normalized spacial score (nSPS) is 17.2. The van der Waals surface area contributed by atoms with Gasteiger partial charge in [0, 0.05) is 35.8 Å². The van der Waals surface area contributed by atoms with Crippen molar-refractivity contribution in [2.75, 3.05) is 19.7 Å². The summed E-state index contributed by atoms with van der Waals surface area (Å²) in [5.74, 6) is 0.444. The van der Waals surface area contributed by atoms with Gasteiger partial charge in [-0.2, -0.15) is 9.37 Å². The third-order valence-electron chi connectivity index (χ3n) is 7.66. The molecule has 2 aromatic carbocycles. The van der Waals surface area contributed by atoms with Crippen LogP contribution in [0, 0.1) is 11.6 Å². The molecule has 220 valence electrons. The standard InChI is InChI=1S/C29H26ClF2N9O2/c30-20-3-1-19(22(31)12-20)16-43-29-23(32)13-33-27(35-29)17-5-8-40(9-6-17)15-26-34-24-11-18(28-36-38-39-37-28)2-4-25(24)41(26)14-21-7-10-42-21/h1-5,11-13,21H,6-10,14-16H2,(H,36,37,38,39)/t21-/m0/s1. The molecule has 1 saturated heterocycles. The Labute approximate surface area is 249 Å². The van der Waals surface area contributed by atoms with E-state index in [0.29, 0.717) is 31.2 Å². The molecule has 0 radical (unpaired) electrons. The Balaban J connectivity index is 1.07. The van der Waals surface area contributed by atoms with Crippen molar-refractivity contribution in [2.24, 2.45) is 0 Å². The van der Waals surface area contributed by atoms with Gasteiger partial charge in [0.25, 0.3) is 5.88 Å². The fraction of sp³-hybridized carbons (Fsp3) is 0.310. The molecule has 0 spiro atoms. The van der Waals surface area contributed by atoms with Crippen molar-refractivity contribution in [3.8, 4) is 17.3 Å². The quantitative estimate of drug-likeness (QED) is 0.257. The molecule has 0 bridgehead atoms. The first-order valence-electron chi connectivity index (χ1n) is 13.9. The second kappa shape index (κ2) is 11.7. The summed E-state index contributed by atoms with van der Waals surface area (Å²) in [7, 11) is 0. The van der Waals surface area contributed by atoms with Gasteiger partial charge in [-0.15, -0.1) is 5.10 Å². The number of nitrogens with zero attached hydrogens (tertiary/aromatic N) is 8. The van der Waals surface area contributed by atoms with Crippen molar-refractivity contribution >= 4 is 28.2 Å². The Morgan fingerprint density at radius 1 is 1.12 bits per heavy atom. The molecule has 2 aliphatic heterocycles. The monoisotopic (exact) mass is 605 g/mol. The average molecular weight is 606 g/mol. The zero-order chi connectivity index (χ0) is 29.3. The third kappa shape index (κ3) is 5.83. The van der Waals surface area contributed by atoms with Crippen molar-refractivity contribution in [1.82, 2.24) is 45.0 Å². The van der Waals surface area contributed by atoms with Gasteiger partial charge in [-0.1, -0.05) is 23.7 Å². The zero-order valence-corrected chi connectivity index (χ0v) is 23.6. The molecule has 1 N–H and O–H groups in total. The Hall–Kier alpha value is -4.33. The smallest absolute Gasteiger partial charge is 0.254 e. The molecule has 14 heteroatoms. The first-order chi connectivity index (χ1) is 21.0. The average Bonchev–Trinajstić information content (AvgIpc) is 3.64. The lowest BCUT2D eigenvalue weighted by Crippen LogP contribution is -2.33. The van der Waals surface area contributed by atoms with E-state index in [4.69, 9.17) is 26.1 Å². The molecule has 5 heterocycles. The van der Waals surface area contributed by atoms with Gasteiger partial charge in [0.15, 0.2) is 11.6 Å². The summed E-state index contributed by atoms with van der Waals surface area (Å²) >= 11 is 5.81. The number of hydrogen-bond donors (Lipinski definition) is 1. The van der Waals surface area contributed by atoms with Gasteiger partial charge in [0.1, 0.15) is 18.2 Å². The number of rotatable bonds is 9. The van der Waals surface area contributed by atoms with E-state index in [9.17, 15) is 8.78 Å². The fourth-order valence-corrected chi connectivity index (χ4v) is 5.37. The number of hydrogen-bond acceptors (Lipinski definition) is 9. The molecule has 3 aromatic heterocycles. The van der Waals surface area contributed by atoms with Crippen LogP contribution in [0.1, 0.15) is 30.1 Å². The summed E-state index contributed by atoms with van der Waals surface area (Å²) in [6.45, 7) is 3.33. The third-order valence-corrected chi connectivity index (χ3v) is 7.90. The van der Waals surface area contributed by atoms with Crippen LogP contribution in [0.5, 0.6) is 5.88 Å². The van der Waals surface area contributed by atoms with E-state index < -0.39 is 11.6 Å². The van der Waals surface area contributed by atoms with E-state index in [1.165, 1.54) is 12.1 Å². The van der Waals surface area contributed by atoms with Crippen molar-refractivity contribution in [3.63, 3.8) is 0 Å². The number of fused-ring (bicyclic) bond motifs is 1. The Kier molecular flexibility index (Phi) is 7.51. The summed E-state index contributed by atoms with van der Waals surface area (Å²) < 4.78 is 42.1. The number of ether oxygens (including phenoxy) is 2. The molecular formula is C29H26ClF2N9O2. The predicted molar refractivity (Wildman–Crippen MR) is 153 cm³/mol. The van der Waals surface area contributed by atoms with Gasteiger partial charge in [-0.25, -0.2) is 19.5 Å². The predicted octanol–water partition coefficient (Wildman–Crippen LogP) is 4.60. The summed E-state index contributed by atoms with van der Waals surface area (Å²) in [4.78, 5) is 15.8. The van der Waals surface area contributed by atoms with Crippen molar-refractivity contribution in [1.29, 1.82) is 0 Å². The highest BCUT2D eigenvalue weighted by Gasteiger charge is 2.24. The lowest BCUT2D eigenvalue weighted by Gasteiger charge is -2.29. The van der Waals surface area contributed by atoms with E-state index in [-0.39, 0.29) is 29.2 Å². The number of halogens is 3. The van der Waals surface area contributed by atoms with E-state index in [1.807, 2.05) is 24.3 Å². The van der Waals surface area contributed by atoms with E-state index >= 15 is 0 Å². The van der Waals surface area contributed by atoms with Crippen LogP contribution in [-0.2, 0) is 24.4 Å². The van der Waals surface area contributed by atoms with Crippen LogP contribution in [0.15, 0.2) is 48.7 Å². The van der Waals surface area contributed by atoms with Crippen LogP contribution < -0.4 is 4.74 Å². The maximum absolute atomic E-state index is 14.4. The lowest BCUT2D eigenvalue weighted by molar-refractivity contribution is -0.0591. The highest BCUT2D eigenvalue weighted by molar-refractivity contribution is 6.30. The topological polar surface area (TPSA) is 120 Å². The van der Waals surface area contributed by atoms with Crippen LogP contribution in [0.4, 0.5) is 8.78 Å². The number of H-pyrrole nitrogens is 1. The Morgan fingerprint density at radius 3 is 2.77 bits per heavy atom. The van der Waals surface area contributed by atoms with E-state index in [0.717, 1.165) is 60.3 Å². The van der Waals surface area contributed by atoms with Gasteiger partial charge in [-0.05, 0) is 59.2 Å². The minimum atomic E-state index is -0.715. The summed E-state index contributed by atoms with van der Waals surface area (Å²) in [6, 6.07) is 10.2. The van der Waals surface area contributed by atoms with Crippen LogP contribution in [0.3, 0.4) is 0 Å². The van der Waals surface area contributed by atoms with Gasteiger partial charge < -0.3 is 14.0 Å². The number of nitrogens with one attached hydrogen (secondary N) is 1. The van der Waals surface area contributed by atoms with Crippen molar-refractivity contribution in [2.45, 2.75) is 38.6 Å². The first-order valence-corrected chi connectivity index (χ1v) is 14.2. The SMILES string of the molecule is Fc1cc(Cl)ccc1COc1nc(C2=CCN(Cc3nc4cc(-c5nnn[nH]5)ccc4n3C[C@@H]3CCO3)CC2)ncc1F. The van der Waals surface area contributed by atoms with E-state index in [1.54, 1.807) is 6.07 Å². The molecule has 1 fully saturated rings. The molecule has 2 aliphatic rings. The molecule has 0 aliphatic carbocycles. The lowest BCUT2D eigenvalue weighted by atomic mass is 10.1. The highest BCUT2D eigenvalue weighted by Crippen LogP contribution is 2.28. The maximum Gasteiger partial charge on any atom is 0.254 e. The molecule has 7 rings (SSSR count). The molecule has 1 atom stereocenters. The van der Waals surface area contributed by atoms with Crippen LogP contribution in [0.25, 0.3) is 28.0 Å². The van der Waals surface area contributed by atoms with Crippen molar-refractivity contribution in [3.05, 3.63) is 82.5 Å². The minimum absolute atomic E-state index is 0.172. The zero-order valence-electron chi connectivity index (χ0n) is 22.9. The molecular weight excluding hydrogens is 580 g/mol. The van der Waals surface area contributed by atoms with Crippen LogP contribution >= 0.6 is 11.6 Å². The molecule has 43 heavy (non-hydrogen) atoms. The number of aromatic nitrogens is 8. The summed E-state index contributed by atoms with van der Waals surface area (Å²) in [6.07, 6.45) is 4.97. The Morgan fingerprint density at radius 2 is 2.02 bits per heavy atom. The molecule has 5 aromatic rings. The number of benzene rings is 2. The first kappa shape index (κ1) is 27.5. The summed E-state index contributed by atoms with van der Waals surface area (Å²) in [5.41, 5.74) is 3.89. The number of aromatic amines is 1. The van der Waals surface area contributed by atoms with Gasteiger partial charge in [0.2, 0.25) is 5.82 Å². The number of imidazole rings is 1. The minimum Gasteiger partial charge on any atom is -0.471 e. The largest absolute Gasteiger partial charge is 0.471 e. The van der Waals surface area contributed by atoms with Gasteiger partial charge in [0.05, 0.1) is 36.4 Å². The molecule has 0 amide bonds. The molecule has 0 unspecified atom stereocenters. The second-order valence-electron chi connectivity index (χ2n) is 10.5. The maximum atomic E-state index is 14.4. The summed E-state index contributed by atoms with van der Waals surface area (Å²) in [5, 5.41) is 14.4. The van der Waals surface area contributed by atoms with E-state index in [2.05, 4.69) is 40.1 Å². The highest BCUT2D eigenvalue weighted by atomic mass is 35.5. The Bertz CT molecular complexity index is 1810. The van der Waals surface area contributed by atoms with Gasteiger partial charge >= 0.3 is 0 Å². The second-order valence-corrected chi connectivity index (χ2v) is 10.9. The van der Waals surface area contributed by atoms with Gasteiger partial charge in [-0.3, -0.25) is 4.90 Å². The molecule has 0 saturated carbocycles. The number of tetrazole rings is 1. The van der Waals surface area contributed by atoms with Crippen LogP contribution in [-0.4, -0.2) is 70.8 Å². The van der Waals surface area contributed by atoms with Crippen LogP contribution in [0.2, 0.25) is 5.02 Å². The molecule has 11 nitrogen and oxygen atoms in total. The fourth-order valence-electron chi connectivity index (χ4n) is 5.22. The van der Waals surface area contributed by atoms with Crippen molar-refractivity contribution < 1.29 is 18.3 Å².